The maximum Gasteiger partial charge on any atom is 0.126 e. The molecule has 2 N–H and O–H groups in total. The smallest absolute Gasteiger partial charge is 0.126 e. The Labute approximate surface area is 120 Å². The molecule has 0 saturated carbocycles. The summed E-state index contributed by atoms with van der Waals surface area (Å²) in [5.41, 5.74) is 8.68. The summed E-state index contributed by atoms with van der Waals surface area (Å²) >= 11 is 3.48. The molecule has 1 unspecified atom stereocenters. The number of nitrogens with zero attached hydrogens (tertiary/aromatic N) is 2. The van der Waals surface area contributed by atoms with E-state index in [1.807, 2.05) is 18.5 Å². The second-order valence-corrected chi connectivity index (χ2v) is 5.76. The third kappa shape index (κ3) is 2.72. The molecule has 19 heavy (non-hydrogen) atoms. The van der Waals surface area contributed by atoms with Crippen LogP contribution < -0.4 is 5.73 Å². The molecule has 0 spiro atoms. The molecule has 1 aromatic heterocycles. The van der Waals surface area contributed by atoms with E-state index >= 15 is 0 Å². The molecule has 0 aliphatic heterocycles. The Morgan fingerprint density at radius 2 is 2.05 bits per heavy atom. The predicted octanol–water partition coefficient (Wildman–Crippen LogP) is 3.72. The number of benzene rings is 1. The molecule has 1 heterocycles. The predicted molar refractivity (Wildman–Crippen MR) is 77.5 cm³/mol. The van der Waals surface area contributed by atoms with Gasteiger partial charge >= 0.3 is 0 Å². The zero-order valence-corrected chi connectivity index (χ0v) is 12.8. The highest BCUT2D eigenvalue weighted by Gasteiger charge is 2.20. The van der Waals surface area contributed by atoms with Crippen molar-refractivity contribution in [3.63, 3.8) is 0 Å². The third-order valence-corrected chi connectivity index (χ3v) is 3.72. The number of hydrogen-bond acceptors (Lipinski definition) is 2. The van der Waals surface area contributed by atoms with Crippen LogP contribution in [0.5, 0.6) is 0 Å². The fourth-order valence-corrected chi connectivity index (χ4v) is 2.59. The highest BCUT2D eigenvalue weighted by atomic mass is 79.9. The molecule has 0 aliphatic rings. The monoisotopic (exact) mass is 325 g/mol. The summed E-state index contributed by atoms with van der Waals surface area (Å²) in [5.74, 6) is -0.215. The zero-order valence-electron chi connectivity index (χ0n) is 11.2. The Hall–Kier alpha value is -1.20. The van der Waals surface area contributed by atoms with Gasteiger partial charge in [0.15, 0.2) is 0 Å². The molecule has 1 aromatic carbocycles. The number of nitrogens with two attached hydrogens (primary N) is 1. The van der Waals surface area contributed by atoms with Crippen molar-refractivity contribution in [2.45, 2.75) is 32.9 Å². The summed E-state index contributed by atoms with van der Waals surface area (Å²) in [7, 11) is 0. The summed E-state index contributed by atoms with van der Waals surface area (Å²) < 4.78 is 16.1. The summed E-state index contributed by atoms with van der Waals surface area (Å²) in [6.07, 6.45) is 1.74. The van der Waals surface area contributed by atoms with Crippen molar-refractivity contribution in [3.05, 3.63) is 51.5 Å². The third-order valence-electron chi connectivity index (χ3n) is 3.11. The van der Waals surface area contributed by atoms with Gasteiger partial charge in [-0.25, -0.2) is 4.39 Å². The van der Waals surface area contributed by atoms with Crippen molar-refractivity contribution in [3.8, 4) is 0 Å². The normalized spacial score (nSPS) is 13.0. The molecule has 0 aliphatic carbocycles. The van der Waals surface area contributed by atoms with Crippen molar-refractivity contribution >= 4 is 15.9 Å². The highest BCUT2D eigenvalue weighted by Crippen LogP contribution is 2.29. The molecule has 3 nitrogen and oxygen atoms in total. The second kappa shape index (κ2) is 5.43. The van der Waals surface area contributed by atoms with Gasteiger partial charge in [0.05, 0.1) is 22.4 Å². The Bertz CT molecular complexity index is 592. The van der Waals surface area contributed by atoms with E-state index in [0.717, 1.165) is 15.7 Å². The van der Waals surface area contributed by atoms with E-state index < -0.39 is 0 Å². The Kier molecular flexibility index (Phi) is 4.06. The first-order valence-electron chi connectivity index (χ1n) is 6.16. The Balaban J connectivity index is 2.46. The van der Waals surface area contributed by atoms with Crippen molar-refractivity contribution in [1.82, 2.24) is 9.78 Å². The lowest BCUT2D eigenvalue weighted by molar-refractivity contribution is 0.498. The first kappa shape index (κ1) is 14.2. The summed E-state index contributed by atoms with van der Waals surface area (Å²) in [5, 5.41) is 4.32. The van der Waals surface area contributed by atoms with Crippen LogP contribution in [0.3, 0.4) is 0 Å². The zero-order chi connectivity index (χ0) is 14.2. The molecule has 5 heteroatoms. The number of rotatable bonds is 3. The largest absolute Gasteiger partial charge is 0.319 e. The second-order valence-electron chi connectivity index (χ2n) is 4.90. The molecule has 2 rings (SSSR count). The minimum atomic E-state index is -0.335. The van der Waals surface area contributed by atoms with E-state index in [4.69, 9.17) is 5.73 Å². The lowest BCUT2D eigenvalue weighted by Gasteiger charge is -2.18. The minimum Gasteiger partial charge on any atom is -0.319 e. The van der Waals surface area contributed by atoms with Crippen LogP contribution in [0.4, 0.5) is 4.39 Å². The summed E-state index contributed by atoms with van der Waals surface area (Å²) in [6, 6.07) is 4.84. The molecule has 0 bridgehead atoms. The topological polar surface area (TPSA) is 43.8 Å². The molecule has 0 fully saturated rings. The molecule has 0 saturated heterocycles. The number of aromatic nitrogens is 2. The molecule has 2 aromatic rings. The maximum atomic E-state index is 13.3. The molecule has 0 amide bonds. The van der Waals surface area contributed by atoms with E-state index in [1.165, 1.54) is 6.07 Å². The first-order chi connectivity index (χ1) is 8.91. The van der Waals surface area contributed by atoms with Crippen molar-refractivity contribution in [2.24, 2.45) is 5.73 Å². The van der Waals surface area contributed by atoms with Gasteiger partial charge in [-0.05, 0) is 53.9 Å². The molecule has 102 valence electrons. The lowest BCUT2D eigenvalue weighted by atomic mass is 10.0. The number of hydrogen-bond donors (Lipinski definition) is 1. The van der Waals surface area contributed by atoms with E-state index in [9.17, 15) is 4.39 Å². The average molecular weight is 326 g/mol. The van der Waals surface area contributed by atoms with Gasteiger partial charge < -0.3 is 5.73 Å². The highest BCUT2D eigenvalue weighted by molar-refractivity contribution is 9.10. The van der Waals surface area contributed by atoms with Crippen LogP contribution in [0.25, 0.3) is 0 Å². The van der Waals surface area contributed by atoms with Crippen molar-refractivity contribution in [1.29, 1.82) is 0 Å². The van der Waals surface area contributed by atoms with Gasteiger partial charge in [0.1, 0.15) is 5.82 Å². The Morgan fingerprint density at radius 3 is 2.63 bits per heavy atom. The maximum absolute atomic E-state index is 13.3. The van der Waals surface area contributed by atoms with E-state index in [-0.39, 0.29) is 17.9 Å². The van der Waals surface area contributed by atoms with Gasteiger partial charge in [-0.3, -0.25) is 4.68 Å². The van der Waals surface area contributed by atoms with Crippen molar-refractivity contribution < 1.29 is 4.39 Å². The first-order valence-corrected chi connectivity index (χ1v) is 6.95. The van der Waals surface area contributed by atoms with Gasteiger partial charge in [0, 0.05) is 6.04 Å². The van der Waals surface area contributed by atoms with Gasteiger partial charge in [0.25, 0.3) is 0 Å². The van der Waals surface area contributed by atoms with Crippen LogP contribution in [0, 0.1) is 12.7 Å². The quantitative estimate of drug-likeness (QED) is 0.934. The van der Waals surface area contributed by atoms with Crippen LogP contribution in [-0.2, 0) is 0 Å². The van der Waals surface area contributed by atoms with Crippen LogP contribution in [0.2, 0.25) is 0 Å². The molecular formula is C14H17BrFN3. The van der Waals surface area contributed by atoms with Crippen LogP contribution in [-0.4, -0.2) is 9.78 Å². The van der Waals surface area contributed by atoms with E-state index in [2.05, 4.69) is 21.0 Å². The molecular weight excluding hydrogens is 309 g/mol. The average Bonchev–Trinajstić information content (AvgIpc) is 2.74. The fraction of sp³-hybridized carbons (Fsp3) is 0.357. The van der Waals surface area contributed by atoms with Gasteiger partial charge in [-0.2, -0.15) is 5.10 Å². The van der Waals surface area contributed by atoms with Gasteiger partial charge in [-0.1, -0.05) is 12.1 Å². The van der Waals surface area contributed by atoms with E-state index in [1.54, 1.807) is 25.3 Å². The van der Waals surface area contributed by atoms with Gasteiger partial charge in [-0.15, -0.1) is 0 Å². The number of halogens is 2. The Morgan fingerprint density at radius 1 is 1.37 bits per heavy atom. The summed E-state index contributed by atoms with van der Waals surface area (Å²) in [4.78, 5) is 0. The van der Waals surface area contributed by atoms with E-state index in [0.29, 0.717) is 5.56 Å². The van der Waals surface area contributed by atoms with Crippen LogP contribution in [0.1, 0.15) is 42.8 Å². The molecule has 0 radical (unpaired) electrons. The fourth-order valence-electron chi connectivity index (χ4n) is 2.07. The minimum absolute atomic E-state index is 0.215. The summed E-state index contributed by atoms with van der Waals surface area (Å²) in [6.45, 7) is 5.83. The SMILES string of the molecule is Cc1cc(C(N)c2c(Br)cnn2C(C)C)ccc1F. The number of aryl methyl sites for hydroxylation is 1. The van der Waals surface area contributed by atoms with Crippen molar-refractivity contribution in [2.75, 3.05) is 0 Å². The van der Waals surface area contributed by atoms with Crippen LogP contribution >= 0.6 is 15.9 Å². The molecule has 1 atom stereocenters. The van der Waals surface area contributed by atoms with Crippen LogP contribution in [0.15, 0.2) is 28.9 Å². The standard InChI is InChI=1S/C14H17BrFN3/c1-8(2)19-14(11(15)7-18-19)13(17)10-4-5-12(16)9(3)6-10/h4-8,13H,17H2,1-3H3. The lowest BCUT2D eigenvalue weighted by Crippen LogP contribution is -2.19. The van der Waals surface area contributed by atoms with Gasteiger partial charge in [0.2, 0.25) is 0 Å².